The van der Waals surface area contributed by atoms with Gasteiger partial charge in [0.2, 0.25) is 0 Å². The molecule has 5 heteroatoms. The summed E-state index contributed by atoms with van der Waals surface area (Å²) in [4.78, 5) is 10.5. The van der Waals surface area contributed by atoms with E-state index in [2.05, 4.69) is 5.32 Å². The first kappa shape index (κ1) is 15.0. The molecule has 0 aromatic heterocycles. The Labute approximate surface area is 122 Å². The van der Waals surface area contributed by atoms with E-state index >= 15 is 0 Å². The maximum atomic E-state index is 13.2. The van der Waals surface area contributed by atoms with Crippen LogP contribution in [0.15, 0.2) is 42.5 Å². The number of benzene rings is 2. The summed E-state index contributed by atoms with van der Waals surface area (Å²) in [6.45, 7) is 3.68. The minimum atomic E-state index is -0.391. The number of nitrogens with one attached hydrogen (secondary N) is 1. The zero-order valence-electron chi connectivity index (χ0n) is 12.0. The predicted molar refractivity (Wildman–Crippen MR) is 81.0 cm³/mol. The highest BCUT2D eigenvalue weighted by Crippen LogP contribution is 2.25. The summed E-state index contributed by atoms with van der Waals surface area (Å²) in [5.74, 6) is -0.258. The van der Waals surface area contributed by atoms with Crippen molar-refractivity contribution in [1.29, 1.82) is 0 Å². The number of halogens is 1. The van der Waals surface area contributed by atoms with Crippen molar-refractivity contribution in [2.45, 2.75) is 26.3 Å². The van der Waals surface area contributed by atoms with Crippen molar-refractivity contribution in [2.75, 3.05) is 5.32 Å². The van der Waals surface area contributed by atoms with Gasteiger partial charge >= 0.3 is 0 Å². The zero-order chi connectivity index (χ0) is 15.4. The van der Waals surface area contributed by atoms with Crippen LogP contribution in [0, 0.1) is 22.9 Å². The standard InChI is InChI=1S/C16H17FN2O2/c1-11(9-13-5-3-6-14(17)10-13)18-15-7-4-8-16(12(15)2)19(20)21/h3-8,10-11,18H,9H2,1-2H3. The largest absolute Gasteiger partial charge is 0.382 e. The number of anilines is 1. The summed E-state index contributed by atoms with van der Waals surface area (Å²) in [5.41, 5.74) is 2.32. The minimum absolute atomic E-state index is 0.0347. The second-order valence-corrected chi connectivity index (χ2v) is 5.09. The average Bonchev–Trinajstić information content (AvgIpc) is 2.40. The minimum Gasteiger partial charge on any atom is -0.382 e. The Balaban J connectivity index is 2.11. The quantitative estimate of drug-likeness (QED) is 0.666. The molecular weight excluding hydrogens is 271 g/mol. The molecular formula is C16H17FN2O2. The zero-order valence-corrected chi connectivity index (χ0v) is 12.0. The molecule has 0 aliphatic carbocycles. The van der Waals surface area contributed by atoms with Gasteiger partial charge in [-0.2, -0.15) is 0 Å². The molecule has 0 saturated carbocycles. The normalized spacial score (nSPS) is 12.0. The van der Waals surface area contributed by atoms with Gasteiger partial charge in [-0.1, -0.05) is 18.2 Å². The summed E-state index contributed by atoms with van der Waals surface area (Å²) in [6.07, 6.45) is 0.639. The van der Waals surface area contributed by atoms with Gasteiger partial charge in [-0.25, -0.2) is 4.39 Å². The number of nitro benzene ring substituents is 1. The Morgan fingerprint density at radius 3 is 2.67 bits per heavy atom. The van der Waals surface area contributed by atoms with Crippen LogP contribution in [0.1, 0.15) is 18.1 Å². The molecule has 0 aliphatic rings. The lowest BCUT2D eigenvalue weighted by Crippen LogP contribution is -2.19. The highest BCUT2D eigenvalue weighted by molar-refractivity contribution is 5.60. The number of nitro groups is 1. The lowest BCUT2D eigenvalue weighted by Gasteiger charge is -2.17. The van der Waals surface area contributed by atoms with E-state index in [4.69, 9.17) is 0 Å². The SMILES string of the molecule is Cc1c(NC(C)Cc2cccc(F)c2)cccc1[N+](=O)[O-]. The van der Waals surface area contributed by atoms with E-state index in [1.54, 1.807) is 19.1 Å². The lowest BCUT2D eigenvalue weighted by molar-refractivity contribution is -0.385. The fourth-order valence-electron chi connectivity index (χ4n) is 2.31. The Kier molecular flexibility index (Phi) is 4.52. The highest BCUT2D eigenvalue weighted by Gasteiger charge is 2.14. The van der Waals surface area contributed by atoms with Gasteiger partial charge < -0.3 is 5.32 Å². The van der Waals surface area contributed by atoms with Crippen LogP contribution in [-0.4, -0.2) is 11.0 Å². The summed E-state index contributed by atoms with van der Waals surface area (Å²) in [7, 11) is 0. The smallest absolute Gasteiger partial charge is 0.274 e. The molecule has 0 amide bonds. The van der Waals surface area contributed by atoms with Gasteiger partial charge in [0, 0.05) is 23.4 Å². The van der Waals surface area contributed by atoms with Gasteiger partial charge in [-0.3, -0.25) is 10.1 Å². The van der Waals surface area contributed by atoms with Gasteiger partial charge in [-0.15, -0.1) is 0 Å². The molecule has 4 nitrogen and oxygen atoms in total. The lowest BCUT2D eigenvalue weighted by atomic mass is 10.1. The van der Waals surface area contributed by atoms with E-state index in [9.17, 15) is 14.5 Å². The van der Waals surface area contributed by atoms with Crippen molar-refractivity contribution >= 4 is 11.4 Å². The van der Waals surface area contributed by atoms with E-state index in [0.717, 1.165) is 11.3 Å². The Bertz CT molecular complexity index is 658. The molecule has 2 aromatic carbocycles. The molecule has 0 heterocycles. The first-order valence-electron chi connectivity index (χ1n) is 6.72. The number of rotatable bonds is 5. The summed E-state index contributed by atoms with van der Waals surface area (Å²) in [6, 6.07) is 11.4. The van der Waals surface area contributed by atoms with Crippen molar-refractivity contribution in [3.63, 3.8) is 0 Å². The summed E-state index contributed by atoms with van der Waals surface area (Å²) in [5, 5.41) is 14.2. The molecule has 110 valence electrons. The Morgan fingerprint density at radius 2 is 2.00 bits per heavy atom. The van der Waals surface area contributed by atoms with Crippen LogP contribution in [0.2, 0.25) is 0 Å². The number of nitrogens with zero attached hydrogens (tertiary/aromatic N) is 1. The van der Waals surface area contributed by atoms with Crippen molar-refractivity contribution in [1.82, 2.24) is 0 Å². The molecule has 2 rings (SSSR count). The van der Waals surface area contributed by atoms with E-state index in [1.807, 2.05) is 19.1 Å². The summed E-state index contributed by atoms with van der Waals surface area (Å²) < 4.78 is 13.2. The van der Waals surface area contributed by atoms with Crippen molar-refractivity contribution in [3.8, 4) is 0 Å². The third-order valence-electron chi connectivity index (χ3n) is 3.33. The molecule has 0 bridgehead atoms. The molecule has 2 aromatic rings. The maximum Gasteiger partial charge on any atom is 0.274 e. The van der Waals surface area contributed by atoms with Crippen LogP contribution in [0.3, 0.4) is 0 Å². The Morgan fingerprint density at radius 1 is 1.29 bits per heavy atom. The first-order valence-corrected chi connectivity index (χ1v) is 6.72. The van der Waals surface area contributed by atoms with E-state index in [1.165, 1.54) is 18.2 Å². The second kappa shape index (κ2) is 6.35. The van der Waals surface area contributed by atoms with E-state index in [0.29, 0.717) is 12.0 Å². The predicted octanol–water partition coefficient (Wildman–Crippen LogP) is 4.09. The fourth-order valence-corrected chi connectivity index (χ4v) is 2.31. The molecule has 0 fully saturated rings. The second-order valence-electron chi connectivity index (χ2n) is 5.09. The summed E-state index contributed by atoms with van der Waals surface area (Å²) >= 11 is 0. The van der Waals surface area contributed by atoms with Gasteiger partial charge in [0.25, 0.3) is 5.69 Å². The van der Waals surface area contributed by atoms with Crippen LogP contribution in [0.25, 0.3) is 0 Å². The fraction of sp³-hybridized carbons (Fsp3) is 0.250. The maximum absolute atomic E-state index is 13.2. The molecule has 21 heavy (non-hydrogen) atoms. The third-order valence-corrected chi connectivity index (χ3v) is 3.33. The third kappa shape index (κ3) is 3.78. The topological polar surface area (TPSA) is 55.2 Å². The molecule has 1 unspecified atom stereocenters. The molecule has 0 saturated heterocycles. The van der Waals surface area contributed by atoms with E-state index in [-0.39, 0.29) is 17.5 Å². The van der Waals surface area contributed by atoms with Crippen LogP contribution in [-0.2, 0) is 6.42 Å². The monoisotopic (exact) mass is 288 g/mol. The number of hydrogen-bond donors (Lipinski definition) is 1. The van der Waals surface area contributed by atoms with Crippen molar-refractivity contribution in [2.24, 2.45) is 0 Å². The molecule has 0 aliphatic heterocycles. The average molecular weight is 288 g/mol. The molecule has 0 radical (unpaired) electrons. The van der Waals surface area contributed by atoms with Gasteiger partial charge in [0.15, 0.2) is 0 Å². The molecule has 1 N–H and O–H groups in total. The first-order chi connectivity index (χ1) is 9.97. The van der Waals surface area contributed by atoms with Crippen LogP contribution >= 0.6 is 0 Å². The van der Waals surface area contributed by atoms with Crippen LogP contribution < -0.4 is 5.32 Å². The van der Waals surface area contributed by atoms with Crippen molar-refractivity contribution < 1.29 is 9.31 Å². The van der Waals surface area contributed by atoms with Crippen LogP contribution in [0.4, 0.5) is 15.8 Å². The van der Waals surface area contributed by atoms with Crippen LogP contribution in [0.5, 0.6) is 0 Å². The molecule has 1 atom stereocenters. The van der Waals surface area contributed by atoms with Gasteiger partial charge in [0.05, 0.1) is 4.92 Å². The molecule has 0 spiro atoms. The van der Waals surface area contributed by atoms with Gasteiger partial charge in [0.1, 0.15) is 5.82 Å². The number of hydrogen-bond acceptors (Lipinski definition) is 3. The van der Waals surface area contributed by atoms with Crippen molar-refractivity contribution in [3.05, 3.63) is 69.5 Å². The van der Waals surface area contributed by atoms with E-state index < -0.39 is 4.92 Å². The highest BCUT2D eigenvalue weighted by atomic mass is 19.1. The Hall–Kier alpha value is -2.43. The van der Waals surface area contributed by atoms with Gasteiger partial charge in [-0.05, 0) is 44.0 Å².